The molecule has 1 heterocycles. The Morgan fingerprint density at radius 3 is 2.33 bits per heavy atom. The van der Waals surface area contributed by atoms with Gasteiger partial charge in [-0.2, -0.15) is 0 Å². The van der Waals surface area contributed by atoms with Crippen molar-refractivity contribution < 1.29 is 19.0 Å². The van der Waals surface area contributed by atoms with Gasteiger partial charge in [0, 0.05) is 6.54 Å². The first-order valence-corrected chi connectivity index (χ1v) is 8.79. The molecule has 1 aliphatic carbocycles. The highest BCUT2D eigenvalue weighted by Gasteiger charge is 2.38. The average molecular weight is 333 g/mol. The van der Waals surface area contributed by atoms with Crippen LogP contribution in [0.1, 0.15) is 49.3 Å². The number of hydrogen-bond acceptors (Lipinski definition) is 4. The summed E-state index contributed by atoms with van der Waals surface area (Å²) in [6.45, 7) is 0.691. The molecule has 0 saturated heterocycles. The zero-order valence-electron chi connectivity index (χ0n) is 14.8. The molecule has 0 spiro atoms. The number of nitrogens with zero attached hydrogens (tertiary/aromatic N) is 1. The molecule has 5 heteroatoms. The molecule has 1 unspecified atom stereocenters. The van der Waals surface area contributed by atoms with E-state index in [1.807, 2.05) is 4.90 Å². The second kappa shape index (κ2) is 7.32. The first-order valence-electron chi connectivity index (χ1n) is 8.79. The fourth-order valence-electron chi connectivity index (χ4n) is 4.26. The maximum Gasteiger partial charge on any atom is 0.410 e. The van der Waals surface area contributed by atoms with Crippen LogP contribution in [0.3, 0.4) is 0 Å². The van der Waals surface area contributed by atoms with Gasteiger partial charge in [-0.05, 0) is 48.4 Å². The van der Waals surface area contributed by atoms with Crippen molar-refractivity contribution in [2.45, 2.75) is 44.6 Å². The Morgan fingerprint density at radius 1 is 1.04 bits per heavy atom. The number of hydrogen-bond donors (Lipinski definition) is 0. The minimum absolute atomic E-state index is 0.0707. The zero-order valence-corrected chi connectivity index (χ0v) is 14.8. The third-order valence-electron chi connectivity index (χ3n) is 5.43. The normalized spacial score (nSPS) is 21.1. The maximum atomic E-state index is 12.4. The van der Waals surface area contributed by atoms with Crippen molar-refractivity contribution in [2.24, 2.45) is 5.92 Å². The van der Waals surface area contributed by atoms with Crippen molar-refractivity contribution in [3.63, 3.8) is 0 Å². The van der Waals surface area contributed by atoms with Crippen LogP contribution in [0.4, 0.5) is 4.79 Å². The molecule has 1 atom stereocenters. The minimum Gasteiger partial charge on any atom is -0.493 e. The van der Waals surface area contributed by atoms with E-state index in [1.54, 1.807) is 14.2 Å². The summed E-state index contributed by atoms with van der Waals surface area (Å²) in [5.41, 5.74) is 2.44. The Bertz CT molecular complexity index is 595. The van der Waals surface area contributed by atoms with Gasteiger partial charge in [-0.3, -0.25) is 0 Å². The van der Waals surface area contributed by atoms with E-state index in [0.717, 1.165) is 30.8 Å². The zero-order chi connectivity index (χ0) is 17.1. The number of carbonyl (C=O) groups is 1. The molecule has 1 fully saturated rings. The first kappa shape index (κ1) is 16.9. The summed E-state index contributed by atoms with van der Waals surface area (Å²) in [6, 6.07) is 4.20. The fourth-order valence-corrected chi connectivity index (χ4v) is 4.26. The van der Waals surface area contributed by atoms with Crippen molar-refractivity contribution >= 4 is 6.09 Å². The SMILES string of the molecule is COC(=O)N1CCc2cc(OC)c(OC)cc2C1C1CCCCC1. The van der Waals surface area contributed by atoms with Crippen LogP contribution < -0.4 is 9.47 Å². The summed E-state index contributed by atoms with van der Waals surface area (Å²) < 4.78 is 16.0. The number of benzene rings is 1. The molecule has 0 radical (unpaired) electrons. The molecular weight excluding hydrogens is 306 g/mol. The lowest BCUT2D eigenvalue weighted by atomic mass is 9.77. The molecular formula is C19H27NO4. The van der Waals surface area contributed by atoms with Crippen LogP contribution in [0.5, 0.6) is 11.5 Å². The Kier molecular flexibility index (Phi) is 5.17. The highest BCUT2D eigenvalue weighted by atomic mass is 16.5. The lowest BCUT2D eigenvalue weighted by Gasteiger charge is -2.42. The Labute approximate surface area is 143 Å². The molecule has 0 N–H and O–H groups in total. The second-order valence-corrected chi connectivity index (χ2v) is 6.66. The molecule has 1 aliphatic heterocycles. The van der Waals surface area contributed by atoms with E-state index in [2.05, 4.69) is 12.1 Å². The molecule has 0 aromatic heterocycles. The lowest BCUT2D eigenvalue weighted by molar-refractivity contribution is 0.0735. The van der Waals surface area contributed by atoms with Crippen LogP contribution >= 0.6 is 0 Å². The lowest BCUT2D eigenvalue weighted by Crippen LogP contribution is -2.43. The predicted molar refractivity (Wildman–Crippen MR) is 91.7 cm³/mol. The van der Waals surface area contributed by atoms with Crippen LogP contribution in [0.15, 0.2) is 12.1 Å². The smallest absolute Gasteiger partial charge is 0.410 e. The molecule has 5 nitrogen and oxygen atoms in total. The van der Waals surface area contributed by atoms with Crippen molar-refractivity contribution in [3.8, 4) is 11.5 Å². The summed E-state index contributed by atoms with van der Waals surface area (Å²) in [7, 11) is 4.78. The van der Waals surface area contributed by atoms with Crippen LogP contribution in [0, 0.1) is 5.92 Å². The Balaban J connectivity index is 2.04. The van der Waals surface area contributed by atoms with Gasteiger partial charge in [0.2, 0.25) is 0 Å². The number of ether oxygens (including phenoxy) is 3. The largest absolute Gasteiger partial charge is 0.493 e. The Morgan fingerprint density at radius 2 is 1.71 bits per heavy atom. The van der Waals surface area contributed by atoms with E-state index in [-0.39, 0.29) is 12.1 Å². The third-order valence-corrected chi connectivity index (χ3v) is 5.43. The maximum absolute atomic E-state index is 12.4. The molecule has 1 amide bonds. The molecule has 1 aromatic carbocycles. The summed E-state index contributed by atoms with van der Waals surface area (Å²) in [4.78, 5) is 14.3. The van der Waals surface area contributed by atoms with E-state index in [0.29, 0.717) is 12.5 Å². The summed E-state index contributed by atoms with van der Waals surface area (Å²) >= 11 is 0. The summed E-state index contributed by atoms with van der Waals surface area (Å²) in [6.07, 6.45) is 6.66. The quantitative estimate of drug-likeness (QED) is 0.840. The highest BCUT2D eigenvalue weighted by molar-refractivity contribution is 5.69. The summed E-state index contributed by atoms with van der Waals surface area (Å²) in [5, 5.41) is 0. The van der Waals surface area contributed by atoms with E-state index < -0.39 is 0 Å². The molecule has 24 heavy (non-hydrogen) atoms. The number of rotatable bonds is 3. The van der Waals surface area contributed by atoms with Gasteiger partial charge in [0.05, 0.1) is 27.4 Å². The fraction of sp³-hybridized carbons (Fsp3) is 0.632. The van der Waals surface area contributed by atoms with E-state index in [9.17, 15) is 4.79 Å². The molecule has 1 saturated carbocycles. The highest BCUT2D eigenvalue weighted by Crippen LogP contribution is 2.45. The number of methoxy groups -OCH3 is 3. The Hall–Kier alpha value is -1.91. The van der Waals surface area contributed by atoms with Crippen LogP contribution in [-0.4, -0.2) is 38.9 Å². The predicted octanol–water partition coefficient (Wildman–Crippen LogP) is 3.95. The number of carbonyl (C=O) groups excluding carboxylic acids is 1. The first-order chi connectivity index (χ1) is 11.7. The van der Waals surface area contributed by atoms with E-state index >= 15 is 0 Å². The number of amides is 1. The van der Waals surface area contributed by atoms with Crippen LogP contribution in [0.2, 0.25) is 0 Å². The third kappa shape index (κ3) is 3.04. The van der Waals surface area contributed by atoms with Crippen molar-refractivity contribution in [3.05, 3.63) is 23.3 Å². The van der Waals surface area contributed by atoms with Gasteiger partial charge >= 0.3 is 6.09 Å². The topological polar surface area (TPSA) is 48.0 Å². The molecule has 1 aromatic rings. The second-order valence-electron chi connectivity index (χ2n) is 6.66. The van der Waals surface area contributed by atoms with Gasteiger partial charge in [0.15, 0.2) is 11.5 Å². The number of fused-ring (bicyclic) bond motifs is 1. The van der Waals surface area contributed by atoms with Crippen molar-refractivity contribution in [1.29, 1.82) is 0 Å². The van der Waals surface area contributed by atoms with Gasteiger partial charge in [0.1, 0.15) is 0 Å². The minimum atomic E-state index is -0.231. The molecule has 3 rings (SSSR count). The molecule has 0 bridgehead atoms. The average Bonchev–Trinajstić information content (AvgIpc) is 2.65. The van der Waals surface area contributed by atoms with E-state index in [1.165, 1.54) is 37.5 Å². The summed E-state index contributed by atoms with van der Waals surface area (Å²) in [5.74, 6) is 1.96. The van der Waals surface area contributed by atoms with Crippen molar-refractivity contribution in [1.82, 2.24) is 4.90 Å². The van der Waals surface area contributed by atoms with Gasteiger partial charge in [0.25, 0.3) is 0 Å². The molecule has 2 aliphatic rings. The standard InChI is InChI=1S/C19H27NO4/c1-22-16-11-14-9-10-20(19(21)24-3)18(13-7-5-4-6-8-13)15(14)12-17(16)23-2/h11-13,18H,4-10H2,1-3H3. The van der Waals surface area contributed by atoms with Gasteiger partial charge in [-0.15, -0.1) is 0 Å². The molecule has 132 valence electrons. The van der Waals surface area contributed by atoms with Crippen molar-refractivity contribution in [2.75, 3.05) is 27.9 Å². The van der Waals surface area contributed by atoms with Crippen LogP contribution in [0.25, 0.3) is 0 Å². The van der Waals surface area contributed by atoms with Gasteiger partial charge in [-0.1, -0.05) is 19.3 Å². The monoisotopic (exact) mass is 333 g/mol. The van der Waals surface area contributed by atoms with Gasteiger partial charge < -0.3 is 19.1 Å². The van der Waals surface area contributed by atoms with Crippen LogP contribution in [-0.2, 0) is 11.2 Å². The van der Waals surface area contributed by atoms with E-state index in [4.69, 9.17) is 14.2 Å². The van der Waals surface area contributed by atoms with Gasteiger partial charge in [-0.25, -0.2) is 4.79 Å².